The van der Waals surface area contributed by atoms with Crippen LogP contribution in [0.25, 0.3) is 0 Å². The van der Waals surface area contributed by atoms with Gasteiger partial charge in [-0.1, -0.05) is 11.6 Å². The van der Waals surface area contributed by atoms with Crippen LogP contribution in [-0.2, 0) is 6.61 Å². The van der Waals surface area contributed by atoms with Gasteiger partial charge in [0.25, 0.3) is 0 Å². The van der Waals surface area contributed by atoms with E-state index in [-0.39, 0.29) is 12.3 Å². The molecule has 2 heterocycles. The van der Waals surface area contributed by atoms with Gasteiger partial charge in [0.15, 0.2) is 0 Å². The van der Waals surface area contributed by atoms with Crippen LogP contribution in [0.2, 0.25) is 5.02 Å². The Labute approximate surface area is 108 Å². The van der Waals surface area contributed by atoms with Crippen LogP contribution in [0.1, 0.15) is 16.1 Å². The van der Waals surface area contributed by atoms with Crippen LogP contribution >= 0.6 is 11.6 Å². The highest BCUT2D eigenvalue weighted by atomic mass is 35.5. The van der Waals surface area contributed by atoms with Crippen molar-refractivity contribution in [3.05, 3.63) is 53.1 Å². The molecule has 5 nitrogen and oxygen atoms in total. The van der Waals surface area contributed by atoms with Crippen molar-refractivity contribution in [3.63, 3.8) is 0 Å². The second-order valence-corrected chi connectivity index (χ2v) is 3.92. The molecule has 0 unspecified atom stereocenters. The van der Waals surface area contributed by atoms with Gasteiger partial charge in [0.05, 0.1) is 11.2 Å². The summed E-state index contributed by atoms with van der Waals surface area (Å²) in [6.45, 7) is 0.227. The van der Waals surface area contributed by atoms with Crippen LogP contribution in [0.3, 0.4) is 0 Å². The van der Waals surface area contributed by atoms with Gasteiger partial charge in [-0.05, 0) is 17.7 Å². The molecule has 0 bridgehead atoms. The smallest absolute Gasteiger partial charge is 0.354 e. The molecule has 0 radical (unpaired) electrons. The molecule has 0 aliphatic rings. The van der Waals surface area contributed by atoms with E-state index < -0.39 is 5.97 Å². The summed E-state index contributed by atoms with van der Waals surface area (Å²) in [6, 6.07) is 4.78. The summed E-state index contributed by atoms with van der Waals surface area (Å²) in [5, 5.41) is 9.28. The molecule has 2 aromatic heterocycles. The summed E-state index contributed by atoms with van der Waals surface area (Å²) in [7, 11) is 0. The molecular formula is C12H9ClN2O3. The van der Waals surface area contributed by atoms with Gasteiger partial charge >= 0.3 is 5.97 Å². The van der Waals surface area contributed by atoms with E-state index in [1.165, 1.54) is 24.7 Å². The van der Waals surface area contributed by atoms with Crippen LogP contribution < -0.4 is 4.74 Å². The van der Waals surface area contributed by atoms with Gasteiger partial charge in [-0.25, -0.2) is 9.78 Å². The number of ether oxygens (including phenoxy) is 1. The number of hydrogen-bond donors (Lipinski definition) is 1. The lowest BCUT2D eigenvalue weighted by Crippen LogP contribution is -2.03. The first-order chi connectivity index (χ1) is 8.65. The van der Waals surface area contributed by atoms with E-state index >= 15 is 0 Å². The number of nitrogens with zero attached hydrogens (tertiary/aromatic N) is 2. The van der Waals surface area contributed by atoms with Crippen molar-refractivity contribution < 1.29 is 14.6 Å². The molecule has 0 aliphatic heterocycles. The minimum Gasteiger partial charge on any atom is -0.487 e. The normalized spacial score (nSPS) is 10.1. The highest BCUT2D eigenvalue weighted by Crippen LogP contribution is 2.16. The van der Waals surface area contributed by atoms with Crippen LogP contribution in [0.4, 0.5) is 0 Å². The lowest BCUT2D eigenvalue weighted by molar-refractivity contribution is 0.0690. The summed E-state index contributed by atoms with van der Waals surface area (Å²) >= 11 is 5.76. The standard InChI is InChI=1S/C12H9ClN2O3/c13-9-4-10(6-14-5-9)18-7-8-1-2-15-11(3-8)12(16)17/h1-6H,7H2,(H,16,17). The molecule has 0 saturated heterocycles. The van der Waals surface area contributed by atoms with E-state index in [0.29, 0.717) is 16.3 Å². The van der Waals surface area contributed by atoms with Crippen molar-refractivity contribution >= 4 is 17.6 Å². The summed E-state index contributed by atoms with van der Waals surface area (Å²) in [6.07, 6.45) is 4.47. The Hall–Kier alpha value is -2.14. The summed E-state index contributed by atoms with van der Waals surface area (Å²) in [5.41, 5.74) is 0.697. The number of carboxylic acids is 1. The molecule has 1 N–H and O–H groups in total. The second kappa shape index (κ2) is 5.46. The fourth-order valence-electron chi connectivity index (χ4n) is 1.32. The van der Waals surface area contributed by atoms with Gasteiger partial charge in [-0.3, -0.25) is 4.98 Å². The van der Waals surface area contributed by atoms with Crippen LogP contribution in [0, 0.1) is 0 Å². The highest BCUT2D eigenvalue weighted by molar-refractivity contribution is 6.30. The van der Waals surface area contributed by atoms with Crippen molar-refractivity contribution in [2.24, 2.45) is 0 Å². The fourth-order valence-corrected chi connectivity index (χ4v) is 1.48. The molecule has 6 heteroatoms. The molecule has 2 aromatic rings. The number of carboxylic acid groups (broad SMARTS) is 1. The summed E-state index contributed by atoms with van der Waals surface area (Å²) < 4.78 is 5.44. The predicted molar refractivity (Wildman–Crippen MR) is 64.8 cm³/mol. The number of rotatable bonds is 4. The lowest BCUT2D eigenvalue weighted by Gasteiger charge is -2.06. The summed E-state index contributed by atoms with van der Waals surface area (Å²) in [5.74, 6) is -0.544. The molecule has 2 rings (SSSR count). The average Bonchev–Trinajstić information content (AvgIpc) is 2.37. The zero-order chi connectivity index (χ0) is 13.0. The molecule has 0 aromatic carbocycles. The minimum atomic E-state index is -1.07. The van der Waals surface area contributed by atoms with E-state index in [0.717, 1.165) is 0 Å². The molecular weight excluding hydrogens is 256 g/mol. The zero-order valence-corrected chi connectivity index (χ0v) is 9.96. The van der Waals surface area contributed by atoms with Crippen molar-refractivity contribution in [2.45, 2.75) is 6.61 Å². The van der Waals surface area contributed by atoms with E-state index in [1.807, 2.05) is 0 Å². The largest absolute Gasteiger partial charge is 0.487 e. The van der Waals surface area contributed by atoms with Gasteiger partial charge in [-0.2, -0.15) is 0 Å². The number of pyridine rings is 2. The minimum absolute atomic E-state index is 0.0136. The SMILES string of the molecule is O=C(O)c1cc(COc2cncc(Cl)c2)ccn1. The van der Waals surface area contributed by atoms with Gasteiger partial charge in [-0.15, -0.1) is 0 Å². The second-order valence-electron chi connectivity index (χ2n) is 3.48. The zero-order valence-electron chi connectivity index (χ0n) is 9.21. The van der Waals surface area contributed by atoms with Crippen LogP contribution in [0.5, 0.6) is 5.75 Å². The molecule has 0 saturated carbocycles. The van der Waals surface area contributed by atoms with E-state index in [2.05, 4.69) is 9.97 Å². The average molecular weight is 265 g/mol. The third kappa shape index (κ3) is 3.18. The molecule has 18 heavy (non-hydrogen) atoms. The molecule has 0 aliphatic carbocycles. The molecule has 0 atom stereocenters. The van der Waals surface area contributed by atoms with Gasteiger partial charge in [0, 0.05) is 18.5 Å². The van der Waals surface area contributed by atoms with Gasteiger partial charge in [0.2, 0.25) is 0 Å². The van der Waals surface area contributed by atoms with E-state index in [1.54, 1.807) is 12.1 Å². The Morgan fingerprint density at radius 1 is 1.39 bits per heavy atom. The number of carbonyl (C=O) groups is 1. The quantitative estimate of drug-likeness (QED) is 0.918. The highest BCUT2D eigenvalue weighted by Gasteiger charge is 2.05. The maximum atomic E-state index is 10.7. The summed E-state index contributed by atoms with van der Waals surface area (Å²) in [4.78, 5) is 18.3. The number of aromatic nitrogens is 2. The van der Waals surface area contributed by atoms with Crippen molar-refractivity contribution in [1.82, 2.24) is 9.97 Å². The molecule has 0 amide bonds. The molecule has 92 valence electrons. The Kier molecular flexibility index (Phi) is 3.74. The predicted octanol–water partition coefficient (Wildman–Crippen LogP) is 2.41. The van der Waals surface area contributed by atoms with Crippen molar-refractivity contribution in [3.8, 4) is 5.75 Å². The van der Waals surface area contributed by atoms with Crippen molar-refractivity contribution in [2.75, 3.05) is 0 Å². The van der Waals surface area contributed by atoms with Crippen LogP contribution in [0.15, 0.2) is 36.8 Å². The lowest BCUT2D eigenvalue weighted by atomic mass is 10.2. The number of hydrogen-bond acceptors (Lipinski definition) is 4. The maximum absolute atomic E-state index is 10.7. The van der Waals surface area contributed by atoms with Gasteiger partial charge in [0.1, 0.15) is 18.1 Å². The number of aromatic carboxylic acids is 1. The fraction of sp³-hybridized carbons (Fsp3) is 0.0833. The van der Waals surface area contributed by atoms with E-state index in [4.69, 9.17) is 21.4 Å². The molecule has 0 spiro atoms. The Balaban J connectivity index is 2.06. The number of halogens is 1. The maximum Gasteiger partial charge on any atom is 0.354 e. The van der Waals surface area contributed by atoms with Crippen LogP contribution in [-0.4, -0.2) is 21.0 Å². The first-order valence-electron chi connectivity index (χ1n) is 5.07. The Morgan fingerprint density at radius 3 is 2.94 bits per heavy atom. The van der Waals surface area contributed by atoms with Crippen molar-refractivity contribution in [1.29, 1.82) is 0 Å². The van der Waals surface area contributed by atoms with E-state index in [9.17, 15) is 4.79 Å². The van der Waals surface area contributed by atoms with Gasteiger partial charge < -0.3 is 9.84 Å². The first-order valence-corrected chi connectivity index (χ1v) is 5.44. The Bertz CT molecular complexity index is 575. The molecule has 0 fully saturated rings. The third-order valence-corrected chi connectivity index (χ3v) is 2.34. The first kappa shape index (κ1) is 12.3. The third-order valence-electron chi connectivity index (χ3n) is 2.13. The monoisotopic (exact) mass is 264 g/mol. The topological polar surface area (TPSA) is 72.3 Å². The Morgan fingerprint density at radius 2 is 2.22 bits per heavy atom.